The van der Waals surface area contributed by atoms with Crippen LogP contribution in [0.15, 0.2) is 71.1 Å². The van der Waals surface area contributed by atoms with Crippen molar-refractivity contribution < 1.29 is 38.0 Å². The van der Waals surface area contributed by atoms with E-state index in [0.29, 0.717) is 69.9 Å². The van der Waals surface area contributed by atoms with E-state index in [4.69, 9.17) is 33.8 Å². The Kier molecular flexibility index (Phi) is 11.7. The Balaban J connectivity index is 1.46. The molecule has 0 unspecified atom stereocenters. The maximum atomic E-state index is 11.3. The van der Waals surface area contributed by atoms with Crippen molar-refractivity contribution in [2.24, 2.45) is 5.73 Å². The van der Waals surface area contributed by atoms with Crippen molar-refractivity contribution in [3.63, 3.8) is 0 Å². The first-order valence-electron chi connectivity index (χ1n) is 13.6. The third-order valence-corrected chi connectivity index (χ3v) is 6.33. The Hall–Kier alpha value is -3.73. The van der Waals surface area contributed by atoms with Crippen molar-refractivity contribution >= 4 is 16.9 Å². The molecule has 0 bridgehead atoms. The number of benzene rings is 3. The zero-order valence-electron chi connectivity index (χ0n) is 23.3. The van der Waals surface area contributed by atoms with Crippen molar-refractivity contribution in [1.82, 2.24) is 0 Å². The van der Waals surface area contributed by atoms with Crippen LogP contribution < -0.4 is 10.5 Å². The molecule has 0 fully saturated rings. The van der Waals surface area contributed by atoms with E-state index < -0.39 is 5.97 Å². The van der Waals surface area contributed by atoms with Gasteiger partial charge in [0, 0.05) is 30.2 Å². The average molecular weight is 564 g/mol. The van der Waals surface area contributed by atoms with Gasteiger partial charge in [0.05, 0.1) is 46.1 Å². The summed E-state index contributed by atoms with van der Waals surface area (Å²) in [7, 11) is 1.64. The van der Waals surface area contributed by atoms with Gasteiger partial charge in [0.2, 0.25) is 0 Å². The summed E-state index contributed by atoms with van der Waals surface area (Å²) in [6.45, 7) is 4.00. The van der Waals surface area contributed by atoms with Crippen molar-refractivity contribution in [3.8, 4) is 16.9 Å². The second-order valence-electron chi connectivity index (χ2n) is 9.42. The molecule has 3 N–H and O–H groups in total. The number of fused-ring (bicyclic) bond motifs is 1. The molecule has 0 aliphatic rings. The number of hydrogen-bond donors (Lipinski definition) is 2. The fourth-order valence-corrected chi connectivity index (χ4v) is 4.37. The molecule has 0 saturated carbocycles. The monoisotopic (exact) mass is 563 g/mol. The fourth-order valence-electron chi connectivity index (χ4n) is 4.37. The van der Waals surface area contributed by atoms with E-state index in [-0.39, 0.29) is 13.0 Å². The van der Waals surface area contributed by atoms with Gasteiger partial charge in [0.25, 0.3) is 0 Å². The SMILES string of the molecule is COCCOCCOCCOCc1cc2cc(COc3ccccc3CC(=O)O)cc(-c3cccc(CN)c3)c2o1. The predicted octanol–water partition coefficient (Wildman–Crippen LogP) is 4.96. The number of rotatable bonds is 18. The van der Waals surface area contributed by atoms with Crippen LogP contribution in [0.25, 0.3) is 22.1 Å². The molecule has 218 valence electrons. The molecule has 0 amide bonds. The van der Waals surface area contributed by atoms with E-state index in [1.54, 1.807) is 25.3 Å². The number of carboxylic acids is 1. The molecule has 0 saturated heterocycles. The first-order valence-corrected chi connectivity index (χ1v) is 13.6. The maximum absolute atomic E-state index is 11.3. The van der Waals surface area contributed by atoms with E-state index >= 15 is 0 Å². The van der Waals surface area contributed by atoms with Crippen molar-refractivity contribution in [1.29, 1.82) is 0 Å². The number of para-hydroxylation sites is 1. The van der Waals surface area contributed by atoms with Crippen LogP contribution in [-0.2, 0) is 49.9 Å². The molecule has 0 aliphatic carbocycles. The number of aliphatic carboxylic acids is 1. The summed E-state index contributed by atoms with van der Waals surface area (Å²) in [6.07, 6.45) is -0.107. The lowest BCUT2D eigenvalue weighted by Gasteiger charge is -2.12. The fraction of sp³-hybridized carbons (Fsp3) is 0.344. The van der Waals surface area contributed by atoms with Crippen LogP contribution >= 0.6 is 0 Å². The van der Waals surface area contributed by atoms with E-state index in [2.05, 4.69) is 6.07 Å². The molecular weight excluding hydrogens is 526 g/mol. The Morgan fingerprint density at radius 3 is 2.34 bits per heavy atom. The number of carbonyl (C=O) groups is 1. The minimum Gasteiger partial charge on any atom is -0.489 e. The number of carboxylic acid groups (broad SMARTS) is 1. The first-order chi connectivity index (χ1) is 20.1. The summed E-state index contributed by atoms with van der Waals surface area (Å²) < 4.78 is 34.0. The summed E-state index contributed by atoms with van der Waals surface area (Å²) in [6, 6.07) is 21.3. The predicted molar refractivity (Wildman–Crippen MR) is 155 cm³/mol. The second-order valence-corrected chi connectivity index (χ2v) is 9.42. The van der Waals surface area contributed by atoms with Gasteiger partial charge in [-0.3, -0.25) is 4.79 Å². The van der Waals surface area contributed by atoms with Gasteiger partial charge in [-0.05, 0) is 47.0 Å². The summed E-state index contributed by atoms with van der Waals surface area (Å²) in [5, 5.41) is 10.2. The van der Waals surface area contributed by atoms with Crippen molar-refractivity contribution in [2.75, 3.05) is 46.8 Å². The highest BCUT2D eigenvalue weighted by atomic mass is 16.6. The summed E-state index contributed by atoms with van der Waals surface area (Å²) in [5.41, 5.74) is 11.1. The largest absolute Gasteiger partial charge is 0.489 e. The van der Waals surface area contributed by atoms with E-state index in [1.165, 1.54) is 0 Å². The van der Waals surface area contributed by atoms with Crippen LogP contribution in [0.3, 0.4) is 0 Å². The lowest BCUT2D eigenvalue weighted by molar-refractivity contribution is -0.136. The van der Waals surface area contributed by atoms with Crippen molar-refractivity contribution in [3.05, 3.63) is 89.2 Å². The highest BCUT2D eigenvalue weighted by molar-refractivity contribution is 5.93. The third-order valence-electron chi connectivity index (χ3n) is 6.33. The van der Waals surface area contributed by atoms with Crippen LogP contribution in [-0.4, -0.2) is 57.8 Å². The first kappa shape index (κ1) is 30.2. The molecule has 9 heteroatoms. The molecule has 41 heavy (non-hydrogen) atoms. The summed E-state index contributed by atoms with van der Waals surface area (Å²) in [5.74, 6) is 0.340. The van der Waals surface area contributed by atoms with E-state index in [0.717, 1.165) is 33.2 Å². The molecule has 1 aromatic heterocycles. The average Bonchev–Trinajstić information content (AvgIpc) is 3.40. The number of ether oxygens (including phenoxy) is 5. The molecule has 9 nitrogen and oxygen atoms in total. The molecule has 0 spiro atoms. The van der Waals surface area contributed by atoms with E-state index in [1.807, 2.05) is 42.5 Å². The molecule has 4 aromatic rings. The topological polar surface area (TPSA) is 123 Å². The van der Waals surface area contributed by atoms with Crippen LogP contribution in [0, 0.1) is 0 Å². The number of nitrogens with two attached hydrogens (primary N) is 1. The lowest BCUT2D eigenvalue weighted by atomic mass is 9.99. The third kappa shape index (κ3) is 9.14. The smallest absolute Gasteiger partial charge is 0.307 e. The van der Waals surface area contributed by atoms with E-state index in [9.17, 15) is 9.90 Å². The Morgan fingerprint density at radius 1 is 0.829 bits per heavy atom. The normalized spacial score (nSPS) is 11.3. The van der Waals surface area contributed by atoms with Gasteiger partial charge in [-0.15, -0.1) is 0 Å². The molecule has 0 aliphatic heterocycles. The zero-order valence-corrected chi connectivity index (χ0v) is 23.3. The van der Waals surface area contributed by atoms with Gasteiger partial charge in [0.1, 0.15) is 30.3 Å². The van der Waals surface area contributed by atoms with Gasteiger partial charge in [0.15, 0.2) is 0 Å². The highest BCUT2D eigenvalue weighted by Crippen LogP contribution is 2.34. The second kappa shape index (κ2) is 15.9. The van der Waals surface area contributed by atoms with Gasteiger partial charge < -0.3 is 38.9 Å². The lowest BCUT2D eigenvalue weighted by Crippen LogP contribution is -2.11. The quantitative estimate of drug-likeness (QED) is 0.162. The van der Waals surface area contributed by atoms with Crippen LogP contribution in [0.4, 0.5) is 0 Å². The molecule has 1 heterocycles. The van der Waals surface area contributed by atoms with Crippen LogP contribution in [0.5, 0.6) is 5.75 Å². The molecule has 0 radical (unpaired) electrons. The molecule has 0 atom stereocenters. The standard InChI is InChI=1S/C32H37NO8/c1-36-9-10-37-11-12-38-13-14-39-22-28-18-27-16-24(21-40-30-8-3-2-6-26(30)19-31(34)35)17-29(32(27)41-28)25-7-4-5-23(15-25)20-33/h2-8,15-18H,9-14,19-22,33H2,1H3,(H,34,35). The Morgan fingerprint density at radius 2 is 1.59 bits per heavy atom. The molecular formula is C32H37NO8. The molecule has 3 aromatic carbocycles. The minimum atomic E-state index is -0.906. The molecule has 4 rings (SSSR count). The van der Waals surface area contributed by atoms with Crippen LogP contribution in [0.2, 0.25) is 0 Å². The summed E-state index contributed by atoms with van der Waals surface area (Å²) in [4.78, 5) is 11.3. The number of hydrogen-bond acceptors (Lipinski definition) is 8. The zero-order chi connectivity index (χ0) is 28.9. The number of furan rings is 1. The van der Waals surface area contributed by atoms with Gasteiger partial charge in [-0.25, -0.2) is 0 Å². The van der Waals surface area contributed by atoms with Gasteiger partial charge in [-0.2, -0.15) is 0 Å². The Labute approximate surface area is 239 Å². The minimum absolute atomic E-state index is 0.107. The number of methoxy groups -OCH3 is 1. The highest BCUT2D eigenvalue weighted by Gasteiger charge is 2.15. The van der Waals surface area contributed by atoms with Crippen molar-refractivity contribution in [2.45, 2.75) is 26.2 Å². The van der Waals surface area contributed by atoms with Gasteiger partial charge >= 0.3 is 5.97 Å². The maximum Gasteiger partial charge on any atom is 0.307 e. The van der Waals surface area contributed by atoms with Gasteiger partial charge in [-0.1, -0.05) is 36.4 Å². The van der Waals surface area contributed by atoms with Crippen LogP contribution in [0.1, 0.15) is 22.5 Å². The Bertz CT molecular complexity index is 1400. The summed E-state index contributed by atoms with van der Waals surface area (Å²) >= 11 is 0.